The van der Waals surface area contributed by atoms with Crippen molar-refractivity contribution in [2.24, 2.45) is 5.73 Å². The minimum Gasteiger partial charge on any atom is -0.487 e. The lowest BCUT2D eigenvalue weighted by Gasteiger charge is -2.43. The number of hydrogen-bond donors (Lipinski definition) is 2. The van der Waals surface area contributed by atoms with Crippen LogP contribution in [0.4, 0.5) is 0 Å². The van der Waals surface area contributed by atoms with Crippen molar-refractivity contribution in [2.45, 2.75) is 30.9 Å². The van der Waals surface area contributed by atoms with Gasteiger partial charge in [0.15, 0.2) is 0 Å². The molecule has 3 rings (SSSR count). The smallest absolute Gasteiger partial charge is 0.124 e. The zero-order valence-corrected chi connectivity index (χ0v) is 11.3. The Hall–Kier alpha value is -0.580. The Morgan fingerprint density at radius 2 is 2.12 bits per heavy atom. The van der Waals surface area contributed by atoms with E-state index in [0.29, 0.717) is 0 Å². The zero-order chi connectivity index (χ0) is 11.9. The summed E-state index contributed by atoms with van der Waals surface area (Å²) in [5.74, 6) is 0.967. The van der Waals surface area contributed by atoms with Gasteiger partial charge in [0.2, 0.25) is 0 Å². The molecule has 0 aromatic heterocycles. The van der Waals surface area contributed by atoms with Crippen molar-refractivity contribution in [3.05, 3.63) is 28.2 Å². The molecule has 1 spiro atoms. The second-order valence-corrected chi connectivity index (χ2v) is 5.94. The van der Waals surface area contributed by atoms with Crippen LogP contribution in [0, 0.1) is 0 Å². The van der Waals surface area contributed by atoms with Crippen LogP contribution in [0.3, 0.4) is 0 Å². The Kier molecular flexibility index (Phi) is 2.89. The van der Waals surface area contributed by atoms with E-state index in [1.165, 1.54) is 0 Å². The summed E-state index contributed by atoms with van der Waals surface area (Å²) >= 11 is 3.48. The predicted molar refractivity (Wildman–Crippen MR) is 71.2 cm³/mol. The highest BCUT2D eigenvalue weighted by Crippen LogP contribution is 2.43. The maximum absolute atomic E-state index is 6.30. The van der Waals surface area contributed by atoms with Gasteiger partial charge in [0.25, 0.3) is 0 Å². The number of hydrogen-bond acceptors (Lipinski definition) is 3. The van der Waals surface area contributed by atoms with E-state index in [9.17, 15) is 0 Å². The lowest BCUT2D eigenvalue weighted by molar-refractivity contribution is 0.00790. The van der Waals surface area contributed by atoms with Crippen LogP contribution in [0.5, 0.6) is 5.75 Å². The van der Waals surface area contributed by atoms with E-state index in [4.69, 9.17) is 10.5 Å². The molecule has 1 aromatic carbocycles. The van der Waals surface area contributed by atoms with E-state index in [0.717, 1.165) is 48.1 Å². The first-order valence-corrected chi connectivity index (χ1v) is 6.93. The van der Waals surface area contributed by atoms with Crippen LogP contribution in [0.2, 0.25) is 0 Å². The summed E-state index contributed by atoms with van der Waals surface area (Å²) in [6.45, 7) is 2.05. The van der Waals surface area contributed by atoms with Gasteiger partial charge in [-0.1, -0.05) is 15.9 Å². The molecule has 2 heterocycles. The SMILES string of the molecule is NC1CC2(CCNCC2)Oc2ccc(Br)cc21. The van der Waals surface area contributed by atoms with Gasteiger partial charge in [0.05, 0.1) is 0 Å². The van der Waals surface area contributed by atoms with Crippen molar-refractivity contribution in [3.8, 4) is 5.75 Å². The van der Waals surface area contributed by atoms with E-state index in [1.807, 2.05) is 12.1 Å². The molecule has 0 radical (unpaired) electrons. The van der Waals surface area contributed by atoms with Crippen molar-refractivity contribution in [3.63, 3.8) is 0 Å². The third-order valence-corrected chi connectivity index (χ3v) is 4.30. The molecule has 92 valence electrons. The number of nitrogens with two attached hydrogens (primary N) is 1. The largest absolute Gasteiger partial charge is 0.487 e. The fourth-order valence-corrected chi connectivity index (χ4v) is 3.26. The van der Waals surface area contributed by atoms with Crippen molar-refractivity contribution >= 4 is 15.9 Å². The fraction of sp³-hybridized carbons (Fsp3) is 0.538. The first kappa shape index (κ1) is 11.5. The summed E-state index contributed by atoms with van der Waals surface area (Å²) in [6.07, 6.45) is 3.03. The number of halogens is 1. The minimum absolute atomic E-state index is 0.0362. The van der Waals surface area contributed by atoms with E-state index in [-0.39, 0.29) is 11.6 Å². The standard InChI is InChI=1S/C13H17BrN2O/c14-9-1-2-12-10(7-9)11(15)8-13(17-12)3-5-16-6-4-13/h1-2,7,11,16H,3-6,8,15H2. The van der Waals surface area contributed by atoms with Gasteiger partial charge in [-0.05, 0) is 44.1 Å². The average Bonchev–Trinajstić information content (AvgIpc) is 2.31. The van der Waals surface area contributed by atoms with E-state index in [1.54, 1.807) is 0 Å². The van der Waals surface area contributed by atoms with Gasteiger partial charge in [-0.2, -0.15) is 0 Å². The number of nitrogens with one attached hydrogen (secondary N) is 1. The minimum atomic E-state index is -0.0362. The molecule has 0 amide bonds. The first-order valence-electron chi connectivity index (χ1n) is 6.13. The Balaban J connectivity index is 1.94. The second kappa shape index (κ2) is 4.26. The van der Waals surface area contributed by atoms with Gasteiger partial charge in [0.1, 0.15) is 11.4 Å². The zero-order valence-electron chi connectivity index (χ0n) is 9.71. The molecule has 4 heteroatoms. The van der Waals surface area contributed by atoms with Gasteiger partial charge in [-0.15, -0.1) is 0 Å². The molecule has 0 saturated carbocycles. The molecule has 3 nitrogen and oxygen atoms in total. The number of fused-ring (bicyclic) bond motifs is 1. The summed E-state index contributed by atoms with van der Waals surface area (Å²) in [6, 6.07) is 6.22. The summed E-state index contributed by atoms with van der Waals surface area (Å²) in [7, 11) is 0. The highest BCUT2D eigenvalue weighted by atomic mass is 79.9. The van der Waals surface area contributed by atoms with Crippen molar-refractivity contribution in [2.75, 3.05) is 13.1 Å². The normalized spacial score (nSPS) is 26.4. The maximum atomic E-state index is 6.30. The lowest BCUT2D eigenvalue weighted by Crippen LogP contribution is -2.50. The average molecular weight is 297 g/mol. The van der Waals surface area contributed by atoms with E-state index < -0.39 is 0 Å². The molecule has 17 heavy (non-hydrogen) atoms. The Labute approximate surface area is 110 Å². The molecule has 2 aliphatic heterocycles. The second-order valence-electron chi connectivity index (χ2n) is 5.03. The van der Waals surface area contributed by atoms with Crippen LogP contribution in [0.25, 0.3) is 0 Å². The summed E-state index contributed by atoms with van der Waals surface area (Å²) in [5, 5.41) is 3.38. The molecular formula is C13H17BrN2O. The summed E-state index contributed by atoms with van der Waals surface area (Å²) in [4.78, 5) is 0. The Morgan fingerprint density at radius 1 is 1.35 bits per heavy atom. The third-order valence-electron chi connectivity index (χ3n) is 3.80. The van der Waals surface area contributed by atoms with Crippen molar-refractivity contribution in [1.82, 2.24) is 5.32 Å². The topological polar surface area (TPSA) is 47.3 Å². The molecule has 0 bridgehead atoms. The molecule has 1 saturated heterocycles. The van der Waals surface area contributed by atoms with Crippen LogP contribution >= 0.6 is 15.9 Å². The van der Waals surface area contributed by atoms with Crippen LogP contribution < -0.4 is 15.8 Å². The number of benzene rings is 1. The lowest BCUT2D eigenvalue weighted by atomic mass is 9.81. The number of ether oxygens (including phenoxy) is 1. The molecule has 0 aliphatic carbocycles. The number of rotatable bonds is 0. The predicted octanol–water partition coefficient (Wildman–Crippen LogP) is 2.35. The highest BCUT2D eigenvalue weighted by Gasteiger charge is 2.40. The number of piperidine rings is 1. The highest BCUT2D eigenvalue weighted by molar-refractivity contribution is 9.10. The molecular weight excluding hydrogens is 280 g/mol. The van der Waals surface area contributed by atoms with Crippen LogP contribution in [0.15, 0.2) is 22.7 Å². The monoisotopic (exact) mass is 296 g/mol. The summed E-state index contributed by atoms with van der Waals surface area (Å²) < 4.78 is 7.31. The van der Waals surface area contributed by atoms with Crippen LogP contribution in [-0.2, 0) is 0 Å². The molecule has 1 unspecified atom stereocenters. The van der Waals surface area contributed by atoms with Crippen molar-refractivity contribution in [1.29, 1.82) is 0 Å². The molecule has 1 aromatic rings. The first-order chi connectivity index (χ1) is 8.19. The molecule has 2 aliphatic rings. The van der Waals surface area contributed by atoms with Crippen LogP contribution in [0.1, 0.15) is 30.9 Å². The van der Waals surface area contributed by atoms with Gasteiger partial charge >= 0.3 is 0 Å². The van der Waals surface area contributed by atoms with Gasteiger partial charge in [-0.25, -0.2) is 0 Å². The van der Waals surface area contributed by atoms with E-state index in [2.05, 4.69) is 27.3 Å². The molecule has 1 fully saturated rings. The quantitative estimate of drug-likeness (QED) is 0.773. The van der Waals surface area contributed by atoms with Gasteiger partial charge in [0, 0.05) is 22.5 Å². The van der Waals surface area contributed by atoms with E-state index >= 15 is 0 Å². The van der Waals surface area contributed by atoms with Crippen LogP contribution in [-0.4, -0.2) is 18.7 Å². The fourth-order valence-electron chi connectivity index (χ4n) is 2.88. The summed E-state index contributed by atoms with van der Waals surface area (Å²) in [5.41, 5.74) is 7.39. The molecule has 1 atom stereocenters. The third kappa shape index (κ3) is 2.09. The Morgan fingerprint density at radius 3 is 2.88 bits per heavy atom. The Bertz CT molecular complexity index is 429. The van der Waals surface area contributed by atoms with Crippen molar-refractivity contribution < 1.29 is 4.74 Å². The van der Waals surface area contributed by atoms with Gasteiger partial charge < -0.3 is 15.8 Å². The van der Waals surface area contributed by atoms with Gasteiger partial charge in [-0.3, -0.25) is 0 Å². The maximum Gasteiger partial charge on any atom is 0.124 e. The molecule has 3 N–H and O–H groups in total.